The van der Waals surface area contributed by atoms with Gasteiger partial charge in [0.05, 0.1) is 24.1 Å². The minimum atomic E-state index is 0.300. The third kappa shape index (κ3) is 5.80. The predicted octanol–water partition coefficient (Wildman–Crippen LogP) is 2.89. The molecular formula is C14H24N2O. The number of pyridine rings is 1. The van der Waals surface area contributed by atoms with E-state index in [9.17, 15) is 0 Å². The lowest BCUT2D eigenvalue weighted by molar-refractivity contribution is 0.0488. The van der Waals surface area contributed by atoms with Crippen molar-refractivity contribution >= 4 is 0 Å². The Kier molecular flexibility index (Phi) is 6.16. The lowest BCUT2D eigenvalue weighted by atomic mass is 10.3. The van der Waals surface area contributed by atoms with Crippen molar-refractivity contribution in [2.45, 2.75) is 59.4 Å². The van der Waals surface area contributed by atoms with Crippen LogP contribution in [0.4, 0.5) is 0 Å². The van der Waals surface area contributed by atoms with E-state index in [1.807, 2.05) is 18.2 Å². The van der Waals surface area contributed by atoms with Gasteiger partial charge < -0.3 is 10.1 Å². The van der Waals surface area contributed by atoms with Gasteiger partial charge in [-0.3, -0.25) is 4.98 Å². The van der Waals surface area contributed by atoms with Gasteiger partial charge >= 0.3 is 0 Å². The van der Waals surface area contributed by atoms with Crippen LogP contribution in [0.5, 0.6) is 0 Å². The Balaban J connectivity index is 2.47. The van der Waals surface area contributed by atoms with E-state index in [4.69, 9.17) is 4.74 Å². The van der Waals surface area contributed by atoms with E-state index in [0.29, 0.717) is 18.8 Å². The van der Waals surface area contributed by atoms with Gasteiger partial charge in [-0.1, -0.05) is 26.8 Å². The standard InChI is InChI=1S/C14H24N2O/c1-5-12(4)17-10-14-8-6-7-13(16-14)9-15-11(2)3/h6-8,11-12,15H,5,9-10H2,1-4H3. The van der Waals surface area contributed by atoms with E-state index in [-0.39, 0.29) is 0 Å². The molecule has 3 heteroatoms. The summed E-state index contributed by atoms with van der Waals surface area (Å²) in [6.45, 7) is 9.90. The van der Waals surface area contributed by atoms with Gasteiger partial charge in [0, 0.05) is 12.6 Å². The Hall–Kier alpha value is -0.930. The van der Waals surface area contributed by atoms with Crippen molar-refractivity contribution < 1.29 is 4.74 Å². The fraction of sp³-hybridized carbons (Fsp3) is 0.643. The first kappa shape index (κ1) is 14.1. The van der Waals surface area contributed by atoms with Crippen LogP contribution >= 0.6 is 0 Å². The lowest BCUT2D eigenvalue weighted by Gasteiger charge is -2.11. The number of hydrogen-bond acceptors (Lipinski definition) is 3. The van der Waals surface area contributed by atoms with Crippen LogP contribution in [0.15, 0.2) is 18.2 Å². The van der Waals surface area contributed by atoms with Crippen LogP contribution in [0, 0.1) is 0 Å². The van der Waals surface area contributed by atoms with E-state index in [2.05, 4.69) is 38.0 Å². The molecule has 0 aromatic carbocycles. The zero-order valence-corrected chi connectivity index (χ0v) is 11.4. The highest BCUT2D eigenvalue weighted by Crippen LogP contribution is 2.05. The Bertz CT molecular complexity index is 326. The predicted molar refractivity (Wildman–Crippen MR) is 70.8 cm³/mol. The van der Waals surface area contributed by atoms with Crippen LogP contribution in [-0.2, 0) is 17.9 Å². The molecule has 0 spiro atoms. The molecule has 0 bridgehead atoms. The van der Waals surface area contributed by atoms with Crippen LogP contribution in [0.1, 0.15) is 45.5 Å². The van der Waals surface area contributed by atoms with E-state index in [1.165, 1.54) is 0 Å². The van der Waals surface area contributed by atoms with Crippen LogP contribution in [0.25, 0.3) is 0 Å². The van der Waals surface area contributed by atoms with Gasteiger partial charge in [0.15, 0.2) is 0 Å². The van der Waals surface area contributed by atoms with E-state index < -0.39 is 0 Å². The van der Waals surface area contributed by atoms with E-state index in [1.54, 1.807) is 0 Å². The largest absolute Gasteiger partial charge is 0.372 e. The van der Waals surface area contributed by atoms with E-state index >= 15 is 0 Å². The van der Waals surface area contributed by atoms with Crippen molar-refractivity contribution in [3.05, 3.63) is 29.6 Å². The van der Waals surface area contributed by atoms with Gasteiger partial charge in [0.2, 0.25) is 0 Å². The van der Waals surface area contributed by atoms with Gasteiger partial charge in [-0.2, -0.15) is 0 Å². The first-order valence-corrected chi connectivity index (χ1v) is 6.41. The summed E-state index contributed by atoms with van der Waals surface area (Å²) in [5.41, 5.74) is 2.08. The molecule has 1 atom stereocenters. The highest BCUT2D eigenvalue weighted by Gasteiger charge is 2.02. The van der Waals surface area contributed by atoms with Crippen molar-refractivity contribution in [3.8, 4) is 0 Å². The number of hydrogen-bond donors (Lipinski definition) is 1. The van der Waals surface area contributed by atoms with Gasteiger partial charge in [-0.25, -0.2) is 0 Å². The fourth-order valence-electron chi connectivity index (χ4n) is 1.36. The smallest absolute Gasteiger partial charge is 0.0891 e. The van der Waals surface area contributed by atoms with Crippen LogP contribution in [0.3, 0.4) is 0 Å². The molecule has 0 aliphatic rings. The molecular weight excluding hydrogens is 212 g/mol. The van der Waals surface area contributed by atoms with Gasteiger partial charge in [0.1, 0.15) is 0 Å². The molecule has 1 N–H and O–H groups in total. The van der Waals surface area contributed by atoms with Crippen LogP contribution in [-0.4, -0.2) is 17.1 Å². The Morgan fingerprint density at radius 2 is 1.94 bits per heavy atom. The Labute approximate surface area is 105 Å². The molecule has 1 aromatic rings. The summed E-state index contributed by atoms with van der Waals surface area (Å²) in [7, 11) is 0. The third-order valence-corrected chi connectivity index (χ3v) is 2.65. The summed E-state index contributed by atoms with van der Waals surface area (Å²) in [6.07, 6.45) is 1.34. The maximum atomic E-state index is 5.67. The molecule has 0 fully saturated rings. The normalized spacial score (nSPS) is 13.0. The molecule has 1 rings (SSSR count). The average Bonchev–Trinajstić information content (AvgIpc) is 2.34. The van der Waals surface area contributed by atoms with Crippen LogP contribution in [0.2, 0.25) is 0 Å². The number of rotatable bonds is 7. The average molecular weight is 236 g/mol. The highest BCUT2D eigenvalue weighted by atomic mass is 16.5. The number of ether oxygens (including phenoxy) is 1. The SMILES string of the molecule is CCC(C)OCc1cccc(CNC(C)C)n1. The van der Waals surface area contributed by atoms with E-state index in [0.717, 1.165) is 24.4 Å². The topological polar surface area (TPSA) is 34.1 Å². The molecule has 1 unspecified atom stereocenters. The van der Waals surface area contributed by atoms with Crippen molar-refractivity contribution in [1.82, 2.24) is 10.3 Å². The molecule has 0 saturated heterocycles. The van der Waals surface area contributed by atoms with Crippen molar-refractivity contribution in [1.29, 1.82) is 0 Å². The Morgan fingerprint density at radius 3 is 2.59 bits per heavy atom. The molecule has 3 nitrogen and oxygen atoms in total. The minimum absolute atomic E-state index is 0.300. The first-order valence-electron chi connectivity index (χ1n) is 6.41. The monoisotopic (exact) mass is 236 g/mol. The zero-order valence-electron chi connectivity index (χ0n) is 11.4. The number of aromatic nitrogens is 1. The maximum absolute atomic E-state index is 5.67. The second kappa shape index (κ2) is 7.41. The third-order valence-electron chi connectivity index (χ3n) is 2.65. The van der Waals surface area contributed by atoms with Gasteiger partial charge in [0.25, 0.3) is 0 Å². The van der Waals surface area contributed by atoms with Crippen molar-refractivity contribution in [2.24, 2.45) is 0 Å². The van der Waals surface area contributed by atoms with Crippen LogP contribution < -0.4 is 5.32 Å². The lowest BCUT2D eigenvalue weighted by Crippen LogP contribution is -2.22. The number of nitrogens with one attached hydrogen (secondary N) is 1. The molecule has 0 radical (unpaired) electrons. The molecule has 1 heterocycles. The first-order chi connectivity index (χ1) is 8.11. The second-order valence-electron chi connectivity index (χ2n) is 4.69. The summed E-state index contributed by atoms with van der Waals surface area (Å²) < 4.78 is 5.67. The number of nitrogens with zero attached hydrogens (tertiary/aromatic N) is 1. The summed E-state index contributed by atoms with van der Waals surface area (Å²) >= 11 is 0. The summed E-state index contributed by atoms with van der Waals surface area (Å²) in [5.74, 6) is 0. The Morgan fingerprint density at radius 1 is 1.24 bits per heavy atom. The second-order valence-corrected chi connectivity index (χ2v) is 4.69. The minimum Gasteiger partial charge on any atom is -0.372 e. The molecule has 0 amide bonds. The summed E-state index contributed by atoms with van der Waals surface area (Å²) in [5, 5.41) is 3.36. The quantitative estimate of drug-likeness (QED) is 0.790. The van der Waals surface area contributed by atoms with Gasteiger partial charge in [-0.05, 0) is 25.5 Å². The summed E-state index contributed by atoms with van der Waals surface area (Å²) in [4.78, 5) is 4.56. The van der Waals surface area contributed by atoms with Gasteiger partial charge in [-0.15, -0.1) is 0 Å². The maximum Gasteiger partial charge on any atom is 0.0891 e. The highest BCUT2D eigenvalue weighted by molar-refractivity contribution is 5.10. The zero-order chi connectivity index (χ0) is 12.7. The fourth-order valence-corrected chi connectivity index (χ4v) is 1.36. The molecule has 96 valence electrons. The summed E-state index contributed by atoms with van der Waals surface area (Å²) in [6, 6.07) is 6.58. The molecule has 17 heavy (non-hydrogen) atoms. The molecule has 0 saturated carbocycles. The molecule has 0 aliphatic carbocycles. The van der Waals surface area contributed by atoms with Crippen molar-refractivity contribution in [2.75, 3.05) is 0 Å². The molecule has 0 aliphatic heterocycles. The molecule has 1 aromatic heterocycles. The van der Waals surface area contributed by atoms with Crippen molar-refractivity contribution in [3.63, 3.8) is 0 Å².